The van der Waals surface area contributed by atoms with Crippen LogP contribution in [0.4, 0.5) is 4.39 Å². The molecule has 6 nitrogen and oxygen atoms in total. The number of carboxylic acid groups (broad SMARTS) is 1. The fourth-order valence-electron chi connectivity index (χ4n) is 3.37. The average Bonchev–Trinajstić information content (AvgIpc) is 3.06. The van der Waals surface area contributed by atoms with E-state index in [4.69, 9.17) is 9.63 Å². The molecule has 0 saturated carbocycles. The Morgan fingerprint density at radius 1 is 1.26 bits per heavy atom. The van der Waals surface area contributed by atoms with E-state index in [1.165, 1.54) is 24.3 Å². The molecular weight excluding hydrogens is 351 g/mol. The summed E-state index contributed by atoms with van der Waals surface area (Å²) in [5.74, 6) is -0.952. The third kappa shape index (κ3) is 3.41. The molecule has 1 aliphatic heterocycles. The van der Waals surface area contributed by atoms with Gasteiger partial charge in [-0.2, -0.15) is 0 Å². The van der Waals surface area contributed by atoms with Gasteiger partial charge in [-0.05, 0) is 29.8 Å². The number of halogens is 1. The number of aromatic nitrogens is 1. The predicted octanol–water partition coefficient (Wildman–Crippen LogP) is 3.44. The first-order valence-corrected chi connectivity index (χ1v) is 8.52. The van der Waals surface area contributed by atoms with Crippen LogP contribution in [0.15, 0.2) is 47.0 Å². The zero-order valence-corrected chi connectivity index (χ0v) is 14.4. The Morgan fingerprint density at radius 3 is 2.89 bits per heavy atom. The second-order valence-corrected chi connectivity index (χ2v) is 6.56. The van der Waals surface area contributed by atoms with Gasteiger partial charge in [0.25, 0.3) is 0 Å². The molecular formula is C20H17FN2O4. The van der Waals surface area contributed by atoms with Gasteiger partial charge in [0.2, 0.25) is 0 Å². The number of aromatic hydroxyl groups is 1. The van der Waals surface area contributed by atoms with Crippen molar-refractivity contribution in [2.75, 3.05) is 6.54 Å². The lowest BCUT2D eigenvalue weighted by atomic mass is 10.0. The van der Waals surface area contributed by atoms with Crippen LogP contribution in [-0.2, 0) is 19.5 Å². The van der Waals surface area contributed by atoms with Crippen LogP contribution in [0.3, 0.4) is 0 Å². The van der Waals surface area contributed by atoms with E-state index in [1.54, 1.807) is 18.2 Å². The van der Waals surface area contributed by atoms with Crippen LogP contribution in [0.25, 0.3) is 11.3 Å². The Morgan fingerprint density at radius 2 is 2.11 bits per heavy atom. The van der Waals surface area contributed by atoms with Crippen molar-refractivity contribution in [1.29, 1.82) is 0 Å². The summed E-state index contributed by atoms with van der Waals surface area (Å²) in [6, 6.07) is 10.8. The van der Waals surface area contributed by atoms with E-state index in [0.717, 1.165) is 23.4 Å². The third-order valence-corrected chi connectivity index (χ3v) is 4.70. The molecule has 4 rings (SSSR count). The zero-order chi connectivity index (χ0) is 19.0. The minimum absolute atomic E-state index is 0.115. The molecule has 0 saturated heterocycles. The standard InChI is InChI=1S/C20H17FN2O4/c21-14-3-1-2-13(9-14)19-16-11-23(7-6-18(16)27-22-19)10-12-4-5-17(24)15(8-12)20(25)26/h1-5,8-9,24H,6-7,10-11H2,(H,25,26). The number of carboxylic acids is 1. The predicted molar refractivity (Wildman–Crippen MR) is 94.8 cm³/mol. The fraction of sp³-hybridized carbons (Fsp3) is 0.200. The molecule has 3 aromatic rings. The van der Waals surface area contributed by atoms with Crippen LogP contribution in [0, 0.1) is 5.82 Å². The number of fused-ring (bicyclic) bond motifs is 1. The van der Waals surface area contributed by atoms with Gasteiger partial charge in [0.1, 0.15) is 28.6 Å². The van der Waals surface area contributed by atoms with Crippen molar-refractivity contribution < 1.29 is 23.9 Å². The number of hydrogen-bond acceptors (Lipinski definition) is 5. The number of nitrogens with zero attached hydrogens (tertiary/aromatic N) is 2. The number of benzene rings is 2. The third-order valence-electron chi connectivity index (χ3n) is 4.70. The Bertz CT molecular complexity index is 1010. The van der Waals surface area contributed by atoms with Crippen molar-refractivity contribution in [3.63, 3.8) is 0 Å². The minimum atomic E-state index is -1.16. The number of phenols is 1. The summed E-state index contributed by atoms with van der Waals surface area (Å²) in [4.78, 5) is 13.3. The second-order valence-electron chi connectivity index (χ2n) is 6.56. The molecule has 0 bridgehead atoms. The minimum Gasteiger partial charge on any atom is -0.507 e. The summed E-state index contributed by atoms with van der Waals surface area (Å²) in [5, 5.41) is 22.9. The van der Waals surface area contributed by atoms with Crippen molar-refractivity contribution >= 4 is 5.97 Å². The molecule has 0 spiro atoms. The van der Waals surface area contributed by atoms with Gasteiger partial charge in [-0.15, -0.1) is 0 Å². The number of aromatic carboxylic acids is 1. The monoisotopic (exact) mass is 368 g/mol. The first-order chi connectivity index (χ1) is 13.0. The first-order valence-electron chi connectivity index (χ1n) is 8.52. The summed E-state index contributed by atoms with van der Waals surface area (Å²) >= 11 is 0. The average molecular weight is 368 g/mol. The normalized spacial score (nSPS) is 14.1. The van der Waals surface area contributed by atoms with Gasteiger partial charge in [-0.3, -0.25) is 4.90 Å². The molecule has 0 amide bonds. The van der Waals surface area contributed by atoms with Crippen LogP contribution in [0.2, 0.25) is 0 Å². The Hall–Kier alpha value is -3.19. The molecule has 1 aliphatic rings. The molecule has 2 aromatic carbocycles. The molecule has 2 heterocycles. The van der Waals surface area contributed by atoms with Crippen molar-refractivity contribution in [3.05, 3.63) is 70.7 Å². The number of rotatable bonds is 4. The van der Waals surface area contributed by atoms with Crippen LogP contribution in [0.5, 0.6) is 5.75 Å². The van der Waals surface area contributed by atoms with Crippen molar-refractivity contribution in [1.82, 2.24) is 10.1 Å². The van der Waals surface area contributed by atoms with E-state index in [1.807, 2.05) is 0 Å². The lowest BCUT2D eigenvalue weighted by Gasteiger charge is -2.26. The largest absolute Gasteiger partial charge is 0.507 e. The molecule has 0 fully saturated rings. The van der Waals surface area contributed by atoms with Gasteiger partial charge in [-0.25, -0.2) is 9.18 Å². The Balaban J connectivity index is 1.58. The maximum absolute atomic E-state index is 13.6. The second kappa shape index (κ2) is 6.85. The van der Waals surface area contributed by atoms with Gasteiger partial charge in [-0.1, -0.05) is 23.4 Å². The summed E-state index contributed by atoms with van der Waals surface area (Å²) in [6.45, 7) is 1.82. The maximum Gasteiger partial charge on any atom is 0.339 e. The SMILES string of the molecule is O=C(O)c1cc(CN2CCc3onc(-c4cccc(F)c4)c3C2)ccc1O. The van der Waals surface area contributed by atoms with Crippen molar-refractivity contribution in [2.24, 2.45) is 0 Å². The Labute approximate surface area is 154 Å². The van der Waals surface area contributed by atoms with Crippen LogP contribution in [0.1, 0.15) is 27.2 Å². The van der Waals surface area contributed by atoms with Gasteiger partial charge in [0, 0.05) is 37.2 Å². The van der Waals surface area contributed by atoms with Gasteiger partial charge in [0.05, 0.1) is 0 Å². The van der Waals surface area contributed by atoms with E-state index in [-0.39, 0.29) is 17.1 Å². The highest BCUT2D eigenvalue weighted by atomic mass is 19.1. The zero-order valence-electron chi connectivity index (χ0n) is 14.4. The van der Waals surface area contributed by atoms with E-state index < -0.39 is 5.97 Å². The summed E-state index contributed by atoms with van der Waals surface area (Å²) in [7, 11) is 0. The van der Waals surface area contributed by atoms with Gasteiger partial charge in [0.15, 0.2) is 0 Å². The highest BCUT2D eigenvalue weighted by Crippen LogP contribution is 2.31. The molecule has 0 atom stereocenters. The van der Waals surface area contributed by atoms with Crippen molar-refractivity contribution in [3.8, 4) is 17.0 Å². The first kappa shape index (κ1) is 17.2. The van der Waals surface area contributed by atoms with E-state index in [9.17, 15) is 14.3 Å². The molecule has 1 aromatic heterocycles. The molecule has 0 aliphatic carbocycles. The van der Waals surface area contributed by atoms with E-state index >= 15 is 0 Å². The molecule has 7 heteroatoms. The van der Waals surface area contributed by atoms with Gasteiger partial charge < -0.3 is 14.7 Å². The molecule has 0 radical (unpaired) electrons. The molecule has 138 valence electrons. The van der Waals surface area contributed by atoms with Crippen LogP contribution < -0.4 is 0 Å². The van der Waals surface area contributed by atoms with Gasteiger partial charge >= 0.3 is 5.97 Å². The summed E-state index contributed by atoms with van der Waals surface area (Å²) in [6.07, 6.45) is 0.668. The fourth-order valence-corrected chi connectivity index (χ4v) is 3.37. The van der Waals surface area contributed by atoms with E-state index in [0.29, 0.717) is 30.8 Å². The highest BCUT2D eigenvalue weighted by Gasteiger charge is 2.25. The number of hydrogen-bond donors (Lipinski definition) is 2. The molecule has 0 unspecified atom stereocenters. The van der Waals surface area contributed by atoms with Crippen LogP contribution >= 0.6 is 0 Å². The summed E-state index contributed by atoms with van der Waals surface area (Å²) in [5.41, 5.74) is 2.89. The Kier molecular flexibility index (Phi) is 4.37. The quantitative estimate of drug-likeness (QED) is 0.734. The smallest absolute Gasteiger partial charge is 0.339 e. The topological polar surface area (TPSA) is 86.8 Å². The molecule has 2 N–H and O–H groups in total. The maximum atomic E-state index is 13.6. The van der Waals surface area contributed by atoms with Crippen LogP contribution in [-0.4, -0.2) is 32.8 Å². The van der Waals surface area contributed by atoms with Crippen molar-refractivity contribution in [2.45, 2.75) is 19.5 Å². The lowest BCUT2D eigenvalue weighted by Crippen LogP contribution is -2.29. The molecule has 27 heavy (non-hydrogen) atoms. The lowest BCUT2D eigenvalue weighted by molar-refractivity contribution is 0.0693. The highest BCUT2D eigenvalue weighted by molar-refractivity contribution is 5.90. The number of carbonyl (C=O) groups is 1. The van der Waals surface area contributed by atoms with E-state index in [2.05, 4.69) is 10.1 Å². The summed E-state index contributed by atoms with van der Waals surface area (Å²) < 4.78 is 19.0.